The fourth-order valence-electron chi connectivity index (χ4n) is 2.89. The van der Waals surface area contributed by atoms with Crippen LogP contribution in [0.5, 0.6) is 0 Å². The number of hydrogen-bond acceptors (Lipinski definition) is 4. The Morgan fingerprint density at radius 2 is 1.65 bits per heavy atom. The van der Waals surface area contributed by atoms with Crippen molar-refractivity contribution in [3.63, 3.8) is 0 Å². The Bertz CT molecular complexity index is 1220. The topological polar surface area (TPSA) is 83.6 Å². The zero-order valence-electron chi connectivity index (χ0n) is 16.4. The summed E-state index contributed by atoms with van der Waals surface area (Å²) in [5, 5.41) is 2.99. The normalized spacial score (nSPS) is 11.1. The highest BCUT2D eigenvalue weighted by Crippen LogP contribution is 2.24. The average Bonchev–Trinajstić information content (AvgIpc) is 2.73. The molecule has 9 heteroatoms. The maximum atomic E-state index is 12.9. The summed E-state index contributed by atoms with van der Waals surface area (Å²) in [4.78, 5) is 25.7. The molecule has 0 bridgehead atoms. The van der Waals surface area contributed by atoms with Crippen molar-refractivity contribution < 1.29 is 18.0 Å². The lowest BCUT2D eigenvalue weighted by molar-refractivity contribution is -0.114. The Labute approximate surface area is 199 Å². The first-order valence-corrected chi connectivity index (χ1v) is 12.4. The molecule has 3 rings (SSSR count). The second kappa shape index (κ2) is 9.80. The Balaban J connectivity index is 1.87. The van der Waals surface area contributed by atoms with Gasteiger partial charge < -0.3 is 5.32 Å². The van der Waals surface area contributed by atoms with Gasteiger partial charge in [-0.1, -0.05) is 41.9 Å². The van der Waals surface area contributed by atoms with Crippen LogP contribution in [-0.2, 0) is 14.8 Å². The molecular formula is C22H18ClIN2O4S. The minimum atomic E-state index is -3.71. The van der Waals surface area contributed by atoms with Crippen molar-refractivity contribution >= 4 is 67.3 Å². The number of sulfonamides is 1. The van der Waals surface area contributed by atoms with E-state index in [-0.39, 0.29) is 17.0 Å². The molecule has 0 saturated heterocycles. The molecule has 0 fully saturated rings. The van der Waals surface area contributed by atoms with Gasteiger partial charge in [0.25, 0.3) is 0 Å². The van der Waals surface area contributed by atoms with Crippen molar-refractivity contribution in [2.24, 2.45) is 0 Å². The largest absolute Gasteiger partial charge is 0.324 e. The molecule has 0 atom stereocenters. The maximum absolute atomic E-state index is 12.9. The zero-order valence-corrected chi connectivity index (χ0v) is 20.1. The van der Waals surface area contributed by atoms with Gasteiger partial charge in [0, 0.05) is 19.7 Å². The summed E-state index contributed by atoms with van der Waals surface area (Å²) < 4.78 is 26.5. The molecule has 1 amide bonds. The van der Waals surface area contributed by atoms with Gasteiger partial charge in [0.1, 0.15) is 6.54 Å². The average molecular weight is 569 g/mol. The van der Waals surface area contributed by atoms with Crippen LogP contribution in [0.25, 0.3) is 0 Å². The van der Waals surface area contributed by atoms with E-state index in [0.29, 0.717) is 16.3 Å². The number of benzene rings is 3. The number of carbonyl (C=O) groups excluding carboxylic acids is 2. The SMILES string of the molecule is CS(=O)(=O)N(CC(=O)Nc1ccc(Cl)cc1C(=O)c1ccccc1)c1ccc(I)cc1. The van der Waals surface area contributed by atoms with Gasteiger partial charge in [0.2, 0.25) is 15.9 Å². The number of amides is 1. The van der Waals surface area contributed by atoms with Crippen molar-refractivity contribution in [3.8, 4) is 0 Å². The van der Waals surface area contributed by atoms with E-state index in [0.717, 1.165) is 14.1 Å². The van der Waals surface area contributed by atoms with Gasteiger partial charge in [-0.15, -0.1) is 0 Å². The molecule has 0 saturated carbocycles. The van der Waals surface area contributed by atoms with Crippen LogP contribution in [0.2, 0.25) is 5.02 Å². The predicted octanol–water partition coefficient (Wildman–Crippen LogP) is 4.58. The minimum Gasteiger partial charge on any atom is -0.324 e. The second-order valence-corrected chi connectivity index (χ2v) is 10.3. The van der Waals surface area contributed by atoms with Crippen LogP contribution >= 0.6 is 34.2 Å². The van der Waals surface area contributed by atoms with E-state index in [4.69, 9.17) is 11.6 Å². The van der Waals surface area contributed by atoms with Gasteiger partial charge in [-0.2, -0.15) is 0 Å². The van der Waals surface area contributed by atoms with Crippen molar-refractivity contribution in [2.45, 2.75) is 0 Å². The first kappa shape index (κ1) is 23.2. The number of ketones is 1. The van der Waals surface area contributed by atoms with Crippen LogP contribution in [0.1, 0.15) is 15.9 Å². The number of carbonyl (C=O) groups is 2. The third-order valence-corrected chi connectivity index (χ3v) is 6.43. The fourth-order valence-corrected chi connectivity index (χ4v) is 4.27. The van der Waals surface area contributed by atoms with Gasteiger partial charge in [-0.05, 0) is 65.1 Å². The fraction of sp³-hybridized carbons (Fsp3) is 0.0909. The molecule has 0 aromatic heterocycles. The Morgan fingerprint density at radius 3 is 2.26 bits per heavy atom. The number of nitrogens with zero attached hydrogens (tertiary/aromatic N) is 1. The van der Waals surface area contributed by atoms with E-state index in [9.17, 15) is 18.0 Å². The van der Waals surface area contributed by atoms with Gasteiger partial charge in [-0.3, -0.25) is 13.9 Å². The van der Waals surface area contributed by atoms with Crippen molar-refractivity contribution in [2.75, 3.05) is 22.4 Å². The van der Waals surface area contributed by atoms with E-state index in [1.165, 1.54) is 12.1 Å². The third-order valence-electron chi connectivity index (χ3n) is 4.34. The highest BCUT2D eigenvalue weighted by atomic mass is 127. The number of anilines is 2. The zero-order chi connectivity index (χ0) is 22.6. The number of halogens is 2. The summed E-state index contributed by atoms with van der Waals surface area (Å²) >= 11 is 8.18. The summed E-state index contributed by atoms with van der Waals surface area (Å²) in [5.74, 6) is -0.899. The van der Waals surface area contributed by atoms with E-state index in [1.54, 1.807) is 60.7 Å². The smallest absolute Gasteiger partial charge is 0.245 e. The molecule has 160 valence electrons. The van der Waals surface area contributed by atoms with Crippen LogP contribution in [-0.4, -0.2) is 32.9 Å². The standard InChI is InChI=1S/C22H18ClIN2O4S/c1-31(29,30)26(18-10-8-17(24)9-11-18)14-21(27)25-20-12-7-16(23)13-19(20)22(28)15-5-3-2-4-6-15/h2-13H,14H2,1H3,(H,25,27). The molecule has 3 aromatic carbocycles. The van der Waals surface area contributed by atoms with Gasteiger partial charge in [0.05, 0.1) is 17.6 Å². The Morgan fingerprint density at radius 1 is 1.00 bits per heavy atom. The molecule has 0 radical (unpaired) electrons. The van der Waals surface area contributed by atoms with Crippen LogP contribution in [0, 0.1) is 3.57 Å². The Hall–Kier alpha value is -2.43. The van der Waals surface area contributed by atoms with E-state index >= 15 is 0 Å². The molecule has 1 N–H and O–H groups in total. The van der Waals surface area contributed by atoms with Crippen molar-refractivity contribution in [1.82, 2.24) is 0 Å². The summed E-state index contributed by atoms with van der Waals surface area (Å²) in [5.41, 5.74) is 1.28. The molecular weight excluding hydrogens is 551 g/mol. The number of hydrogen-bond donors (Lipinski definition) is 1. The lowest BCUT2D eigenvalue weighted by Crippen LogP contribution is -2.37. The van der Waals surface area contributed by atoms with Crippen LogP contribution < -0.4 is 9.62 Å². The molecule has 0 aliphatic rings. The molecule has 0 heterocycles. The molecule has 0 aliphatic carbocycles. The maximum Gasteiger partial charge on any atom is 0.245 e. The van der Waals surface area contributed by atoms with Gasteiger partial charge in [0.15, 0.2) is 5.78 Å². The number of rotatable bonds is 7. The van der Waals surface area contributed by atoms with Gasteiger partial charge >= 0.3 is 0 Å². The van der Waals surface area contributed by atoms with E-state index < -0.39 is 22.5 Å². The molecule has 0 unspecified atom stereocenters. The summed E-state index contributed by atoms with van der Waals surface area (Å²) in [6.45, 7) is -0.443. The summed E-state index contributed by atoms with van der Waals surface area (Å²) in [7, 11) is -3.71. The highest BCUT2D eigenvalue weighted by Gasteiger charge is 2.22. The van der Waals surface area contributed by atoms with Gasteiger partial charge in [-0.25, -0.2) is 8.42 Å². The second-order valence-electron chi connectivity index (χ2n) is 6.68. The predicted molar refractivity (Wildman–Crippen MR) is 131 cm³/mol. The number of nitrogens with one attached hydrogen (secondary N) is 1. The molecule has 6 nitrogen and oxygen atoms in total. The third kappa shape index (κ3) is 6.05. The highest BCUT2D eigenvalue weighted by molar-refractivity contribution is 14.1. The summed E-state index contributed by atoms with van der Waals surface area (Å²) in [6, 6.07) is 19.9. The van der Waals surface area contributed by atoms with Crippen molar-refractivity contribution in [3.05, 3.63) is 92.5 Å². The van der Waals surface area contributed by atoms with Crippen LogP contribution in [0.15, 0.2) is 72.8 Å². The van der Waals surface area contributed by atoms with Crippen LogP contribution in [0.3, 0.4) is 0 Å². The van der Waals surface area contributed by atoms with E-state index in [1.807, 2.05) is 0 Å². The van der Waals surface area contributed by atoms with Crippen LogP contribution in [0.4, 0.5) is 11.4 Å². The van der Waals surface area contributed by atoms with E-state index in [2.05, 4.69) is 27.9 Å². The quantitative estimate of drug-likeness (QED) is 0.334. The first-order valence-electron chi connectivity index (χ1n) is 9.07. The minimum absolute atomic E-state index is 0.215. The molecule has 3 aromatic rings. The monoisotopic (exact) mass is 568 g/mol. The summed E-state index contributed by atoms with van der Waals surface area (Å²) in [6.07, 6.45) is 1.03. The molecule has 0 aliphatic heterocycles. The van der Waals surface area contributed by atoms with Crippen molar-refractivity contribution in [1.29, 1.82) is 0 Å². The Kier molecular flexibility index (Phi) is 7.34. The molecule has 0 spiro atoms. The lowest BCUT2D eigenvalue weighted by Gasteiger charge is -2.22. The lowest BCUT2D eigenvalue weighted by atomic mass is 10.0. The molecule has 31 heavy (non-hydrogen) atoms. The first-order chi connectivity index (χ1) is 14.6.